The summed E-state index contributed by atoms with van der Waals surface area (Å²) in [6.45, 7) is 4.68. The van der Waals surface area contributed by atoms with Crippen LogP contribution < -0.4 is 11.1 Å². The number of nitrogens with two attached hydrogens (primary N) is 1. The Morgan fingerprint density at radius 2 is 2.11 bits per heavy atom. The highest BCUT2D eigenvalue weighted by Gasteiger charge is 2.24. The Morgan fingerprint density at radius 1 is 1.33 bits per heavy atom. The quantitative estimate of drug-likeness (QED) is 0.823. The van der Waals surface area contributed by atoms with E-state index < -0.39 is 0 Å². The van der Waals surface area contributed by atoms with Crippen molar-refractivity contribution in [1.82, 2.24) is 4.98 Å². The summed E-state index contributed by atoms with van der Waals surface area (Å²) >= 11 is 4.91. The lowest BCUT2D eigenvalue weighted by Crippen LogP contribution is -2.30. The van der Waals surface area contributed by atoms with Gasteiger partial charge in [-0.25, -0.2) is 4.98 Å². The molecule has 0 bridgehead atoms. The molecule has 0 amide bonds. The molecule has 0 radical (unpaired) electrons. The first-order chi connectivity index (χ1) is 8.56. The van der Waals surface area contributed by atoms with Gasteiger partial charge in [-0.2, -0.15) is 0 Å². The summed E-state index contributed by atoms with van der Waals surface area (Å²) in [5.74, 6) is 2.54. The lowest BCUT2D eigenvalue weighted by atomic mass is 9.79. The minimum absolute atomic E-state index is 0.397. The van der Waals surface area contributed by atoms with E-state index in [1.807, 2.05) is 12.1 Å². The van der Waals surface area contributed by atoms with Gasteiger partial charge in [0.05, 0.1) is 0 Å². The Bertz CT molecular complexity index is 416. The first kappa shape index (κ1) is 13.3. The molecule has 3 N–H and O–H groups in total. The molecule has 3 unspecified atom stereocenters. The van der Waals surface area contributed by atoms with E-state index in [1.54, 1.807) is 6.20 Å². The van der Waals surface area contributed by atoms with Crippen molar-refractivity contribution < 1.29 is 0 Å². The van der Waals surface area contributed by atoms with Crippen molar-refractivity contribution in [2.24, 2.45) is 17.6 Å². The Balaban J connectivity index is 1.95. The Morgan fingerprint density at radius 3 is 2.67 bits per heavy atom. The first-order valence-corrected chi connectivity index (χ1v) is 6.99. The molecule has 1 aromatic heterocycles. The smallest absolute Gasteiger partial charge is 0.126 e. The van der Waals surface area contributed by atoms with Gasteiger partial charge in [-0.05, 0) is 43.2 Å². The fourth-order valence-corrected chi connectivity index (χ4v) is 2.63. The van der Waals surface area contributed by atoms with E-state index in [0.29, 0.717) is 11.0 Å². The van der Waals surface area contributed by atoms with Gasteiger partial charge in [-0.3, -0.25) is 0 Å². The molecule has 4 heteroatoms. The highest BCUT2D eigenvalue weighted by atomic mass is 32.1. The number of pyridine rings is 1. The van der Waals surface area contributed by atoms with Crippen LogP contribution in [0.4, 0.5) is 5.82 Å². The number of hydrogen-bond donors (Lipinski definition) is 2. The van der Waals surface area contributed by atoms with Crippen molar-refractivity contribution in [3.63, 3.8) is 0 Å². The molecule has 1 saturated carbocycles. The van der Waals surface area contributed by atoms with E-state index in [9.17, 15) is 0 Å². The van der Waals surface area contributed by atoms with Crippen LogP contribution >= 0.6 is 12.2 Å². The zero-order valence-corrected chi connectivity index (χ0v) is 11.8. The minimum Gasteiger partial charge on any atom is -0.389 e. The summed E-state index contributed by atoms with van der Waals surface area (Å²) in [7, 11) is 0. The number of hydrogen-bond acceptors (Lipinski definition) is 3. The Hall–Kier alpha value is -1.16. The molecule has 3 nitrogen and oxygen atoms in total. The molecular formula is C14H21N3S. The monoisotopic (exact) mass is 263 g/mol. The molecular weight excluding hydrogens is 242 g/mol. The largest absolute Gasteiger partial charge is 0.389 e. The molecule has 1 aromatic rings. The van der Waals surface area contributed by atoms with E-state index in [4.69, 9.17) is 18.0 Å². The second-order valence-electron chi connectivity index (χ2n) is 5.41. The standard InChI is InChI=1S/C14H21N3S/c1-9-3-5-12(7-10(9)2)17-13-6-4-11(8-16-13)14(15)18/h4,6,8-10,12H,3,5,7H2,1-2H3,(H2,15,18)(H,16,17). The number of nitrogens with zero attached hydrogens (tertiary/aromatic N) is 1. The predicted molar refractivity (Wildman–Crippen MR) is 79.7 cm³/mol. The lowest BCUT2D eigenvalue weighted by Gasteiger charge is -2.32. The maximum absolute atomic E-state index is 5.55. The van der Waals surface area contributed by atoms with Crippen molar-refractivity contribution in [3.05, 3.63) is 23.9 Å². The number of thiocarbonyl (C=S) groups is 1. The topological polar surface area (TPSA) is 50.9 Å². The molecule has 1 aliphatic carbocycles. The van der Waals surface area contributed by atoms with Crippen LogP contribution in [0, 0.1) is 11.8 Å². The molecule has 18 heavy (non-hydrogen) atoms. The minimum atomic E-state index is 0.397. The third-order valence-corrected chi connectivity index (χ3v) is 4.23. The van der Waals surface area contributed by atoms with Crippen LogP contribution in [0.2, 0.25) is 0 Å². The van der Waals surface area contributed by atoms with E-state index in [-0.39, 0.29) is 0 Å². The molecule has 98 valence electrons. The van der Waals surface area contributed by atoms with E-state index in [0.717, 1.165) is 23.2 Å². The van der Waals surface area contributed by atoms with Gasteiger partial charge in [-0.15, -0.1) is 0 Å². The van der Waals surface area contributed by atoms with Gasteiger partial charge < -0.3 is 11.1 Å². The van der Waals surface area contributed by atoms with Crippen molar-refractivity contribution in [1.29, 1.82) is 0 Å². The zero-order valence-electron chi connectivity index (χ0n) is 11.0. The van der Waals surface area contributed by atoms with Gasteiger partial charge in [0, 0.05) is 17.8 Å². The van der Waals surface area contributed by atoms with Crippen LogP contribution in [0.3, 0.4) is 0 Å². The van der Waals surface area contributed by atoms with Gasteiger partial charge in [0.25, 0.3) is 0 Å². The van der Waals surface area contributed by atoms with Gasteiger partial charge >= 0.3 is 0 Å². The third kappa shape index (κ3) is 3.19. The molecule has 0 aliphatic heterocycles. The summed E-state index contributed by atoms with van der Waals surface area (Å²) in [6.07, 6.45) is 5.48. The number of rotatable bonds is 3. The summed E-state index contributed by atoms with van der Waals surface area (Å²) in [5.41, 5.74) is 6.37. The van der Waals surface area contributed by atoms with E-state index in [1.165, 1.54) is 19.3 Å². The van der Waals surface area contributed by atoms with Crippen molar-refractivity contribution in [3.8, 4) is 0 Å². The molecule has 1 aliphatic rings. The van der Waals surface area contributed by atoms with Gasteiger partial charge in [-0.1, -0.05) is 26.1 Å². The molecule has 0 spiro atoms. The second kappa shape index (κ2) is 5.65. The van der Waals surface area contributed by atoms with Gasteiger partial charge in [0.2, 0.25) is 0 Å². The average Bonchev–Trinajstić information content (AvgIpc) is 2.34. The predicted octanol–water partition coefficient (Wildman–Crippen LogP) is 2.95. The molecule has 3 atom stereocenters. The summed E-state index contributed by atoms with van der Waals surface area (Å²) in [6, 6.07) is 4.42. The summed E-state index contributed by atoms with van der Waals surface area (Å²) < 4.78 is 0. The van der Waals surface area contributed by atoms with Crippen molar-refractivity contribution in [2.45, 2.75) is 39.2 Å². The fourth-order valence-electron chi connectivity index (χ4n) is 2.51. The maximum atomic E-state index is 5.55. The van der Waals surface area contributed by atoms with Crippen LogP contribution in [0.5, 0.6) is 0 Å². The van der Waals surface area contributed by atoms with Crippen LogP contribution in [-0.2, 0) is 0 Å². The van der Waals surface area contributed by atoms with Crippen LogP contribution in [0.15, 0.2) is 18.3 Å². The van der Waals surface area contributed by atoms with E-state index >= 15 is 0 Å². The maximum Gasteiger partial charge on any atom is 0.126 e. The molecule has 1 fully saturated rings. The van der Waals surface area contributed by atoms with Crippen LogP contribution in [-0.4, -0.2) is 16.0 Å². The van der Waals surface area contributed by atoms with Gasteiger partial charge in [0.1, 0.15) is 10.8 Å². The summed E-state index contributed by atoms with van der Waals surface area (Å²) in [5, 5.41) is 3.50. The molecule has 1 heterocycles. The molecule has 0 aromatic carbocycles. The average molecular weight is 263 g/mol. The third-order valence-electron chi connectivity index (χ3n) is 4.00. The Kier molecular flexibility index (Phi) is 4.17. The SMILES string of the molecule is CC1CCC(Nc2ccc(C(N)=S)cn2)CC1C. The van der Waals surface area contributed by atoms with Crippen molar-refractivity contribution in [2.75, 3.05) is 5.32 Å². The summed E-state index contributed by atoms with van der Waals surface area (Å²) in [4.78, 5) is 4.76. The van der Waals surface area contributed by atoms with E-state index in [2.05, 4.69) is 24.1 Å². The van der Waals surface area contributed by atoms with Crippen LogP contribution in [0.25, 0.3) is 0 Å². The van der Waals surface area contributed by atoms with Crippen molar-refractivity contribution >= 4 is 23.0 Å². The number of aromatic nitrogens is 1. The fraction of sp³-hybridized carbons (Fsp3) is 0.571. The second-order valence-corrected chi connectivity index (χ2v) is 5.85. The highest BCUT2D eigenvalue weighted by Crippen LogP contribution is 2.30. The zero-order chi connectivity index (χ0) is 13.1. The van der Waals surface area contributed by atoms with Crippen LogP contribution in [0.1, 0.15) is 38.7 Å². The molecule has 2 rings (SSSR count). The number of nitrogens with one attached hydrogen (secondary N) is 1. The first-order valence-electron chi connectivity index (χ1n) is 6.58. The highest BCUT2D eigenvalue weighted by molar-refractivity contribution is 7.80. The lowest BCUT2D eigenvalue weighted by molar-refractivity contribution is 0.260. The normalized spacial score (nSPS) is 27.8. The number of anilines is 1. The Labute approximate surface area is 114 Å². The van der Waals surface area contributed by atoms with Gasteiger partial charge in [0.15, 0.2) is 0 Å². The molecule has 0 saturated heterocycles.